The molecular formula is C29H26N6O3S. The van der Waals surface area contributed by atoms with E-state index in [4.69, 9.17) is 5.73 Å². The monoisotopic (exact) mass is 538 g/mol. The van der Waals surface area contributed by atoms with Gasteiger partial charge in [-0.25, -0.2) is 9.97 Å². The summed E-state index contributed by atoms with van der Waals surface area (Å²) in [6.07, 6.45) is 5.96. The number of H-pyrrole nitrogens is 1. The molecule has 39 heavy (non-hydrogen) atoms. The van der Waals surface area contributed by atoms with E-state index in [9.17, 15) is 14.4 Å². The number of nitrogens with zero attached hydrogens (tertiary/aromatic N) is 2. The Morgan fingerprint density at radius 3 is 2.92 bits per heavy atom. The van der Waals surface area contributed by atoms with Crippen molar-refractivity contribution in [3.05, 3.63) is 91.8 Å². The highest BCUT2D eigenvalue weighted by Crippen LogP contribution is 2.47. The van der Waals surface area contributed by atoms with E-state index < -0.39 is 5.41 Å². The molecule has 4 heterocycles. The topological polar surface area (TPSA) is 143 Å². The van der Waals surface area contributed by atoms with Crippen LogP contribution in [0.1, 0.15) is 62.8 Å². The molecule has 7 rings (SSSR count). The van der Waals surface area contributed by atoms with Gasteiger partial charge < -0.3 is 21.4 Å². The maximum Gasteiger partial charge on any atom is 0.250 e. The van der Waals surface area contributed by atoms with Crippen LogP contribution in [0.15, 0.2) is 53.5 Å². The number of aromatic amines is 1. The predicted octanol–water partition coefficient (Wildman–Crippen LogP) is 4.23. The molecule has 10 heteroatoms. The van der Waals surface area contributed by atoms with Crippen molar-refractivity contribution in [3.63, 3.8) is 0 Å². The molecular weight excluding hydrogens is 512 g/mol. The molecule has 1 amide bonds. The second-order valence-electron chi connectivity index (χ2n) is 10.6. The van der Waals surface area contributed by atoms with Crippen LogP contribution in [0.25, 0.3) is 0 Å². The van der Waals surface area contributed by atoms with Crippen LogP contribution in [-0.4, -0.2) is 26.6 Å². The first-order valence-corrected chi connectivity index (χ1v) is 13.9. The third-order valence-corrected chi connectivity index (χ3v) is 9.23. The van der Waals surface area contributed by atoms with Crippen molar-refractivity contribution in [2.45, 2.75) is 49.9 Å². The Labute approximate surface area is 227 Å². The van der Waals surface area contributed by atoms with Gasteiger partial charge in [-0.2, -0.15) is 0 Å². The summed E-state index contributed by atoms with van der Waals surface area (Å²) in [5.41, 5.74) is 10.2. The Bertz CT molecular complexity index is 1730. The molecule has 3 aromatic heterocycles. The van der Waals surface area contributed by atoms with E-state index in [0.29, 0.717) is 41.6 Å². The van der Waals surface area contributed by atoms with Gasteiger partial charge >= 0.3 is 0 Å². The van der Waals surface area contributed by atoms with Gasteiger partial charge in [0.2, 0.25) is 11.5 Å². The molecule has 2 aliphatic carbocycles. The number of carbonyl (C=O) groups excluding carboxylic acids is 2. The Kier molecular flexibility index (Phi) is 5.41. The van der Waals surface area contributed by atoms with Gasteiger partial charge in [0.05, 0.1) is 11.1 Å². The number of thiazole rings is 1. The summed E-state index contributed by atoms with van der Waals surface area (Å²) >= 11 is 1.46. The van der Waals surface area contributed by atoms with Crippen LogP contribution in [-0.2, 0) is 29.5 Å². The van der Waals surface area contributed by atoms with Crippen molar-refractivity contribution < 1.29 is 9.59 Å². The summed E-state index contributed by atoms with van der Waals surface area (Å²) in [7, 11) is 0. The van der Waals surface area contributed by atoms with Crippen LogP contribution in [0.4, 0.5) is 22.5 Å². The molecule has 2 unspecified atom stereocenters. The van der Waals surface area contributed by atoms with E-state index in [-0.39, 0.29) is 23.2 Å². The molecule has 3 aliphatic rings. The highest BCUT2D eigenvalue weighted by Gasteiger charge is 2.51. The normalized spacial score (nSPS) is 20.8. The van der Waals surface area contributed by atoms with Gasteiger partial charge in [-0.1, -0.05) is 12.1 Å². The molecule has 1 aliphatic heterocycles. The number of rotatable bonds is 5. The first-order valence-electron chi connectivity index (χ1n) is 13.1. The van der Waals surface area contributed by atoms with Crippen LogP contribution in [0.5, 0.6) is 0 Å². The minimum atomic E-state index is -0.646. The molecule has 0 saturated heterocycles. The number of aryl methyl sites for hydroxylation is 1. The van der Waals surface area contributed by atoms with E-state index in [1.54, 1.807) is 12.3 Å². The molecule has 0 saturated carbocycles. The maximum absolute atomic E-state index is 13.2. The highest BCUT2D eigenvalue weighted by molar-refractivity contribution is 7.15. The number of amides is 1. The lowest BCUT2D eigenvalue weighted by Gasteiger charge is -2.20. The number of nitrogens with one attached hydrogen (secondary N) is 3. The number of hydrogen-bond acceptors (Lipinski definition) is 8. The summed E-state index contributed by atoms with van der Waals surface area (Å²) in [6, 6.07) is 12.8. The maximum atomic E-state index is 13.2. The number of nitrogen functional groups attached to an aromatic ring is 1. The molecule has 0 radical (unpaired) electrons. The van der Waals surface area contributed by atoms with Crippen LogP contribution in [0, 0.1) is 0 Å². The Morgan fingerprint density at radius 2 is 2.03 bits per heavy atom. The van der Waals surface area contributed by atoms with E-state index in [1.165, 1.54) is 17.4 Å². The number of Topliss-reactive ketones (excluding diaryl/α,β-unsaturated/α-hetero) is 1. The molecule has 4 aromatic rings. The molecule has 196 valence electrons. The number of carbonyl (C=O) groups is 2. The SMILES string of the molecule is Nc1nc2c(s1)C(CC(=O)c1cc(Nc3ccc4c(c3)CC3(C4)C(=O)Nc4ncccc43)[nH]c(=O)c1)CCC2. The summed E-state index contributed by atoms with van der Waals surface area (Å²) in [4.78, 5) is 51.4. The minimum absolute atomic E-state index is 0.0245. The van der Waals surface area contributed by atoms with Gasteiger partial charge in [-0.15, -0.1) is 11.3 Å². The quantitative estimate of drug-likeness (QED) is 0.278. The molecule has 2 atom stereocenters. The zero-order chi connectivity index (χ0) is 26.7. The number of fused-ring (bicyclic) bond motifs is 4. The fraction of sp³-hybridized carbons (Fsp3) is 0.276. The number of benzene rings is 1. The number of hydrogen-bond donors (Lipinski definition) is 4. The molecule has 0 fully saturated rings. The first kappa shape index (κ1) is 23.8. The van der Waals surface area contributed by atoms with Gasteiger partial charge in [0.1, 0.15) is 11.6 Å². The predicted molar refractivity (Wildman–Crippen MR) is 150 cm³/mol. The van der Waals surface area contributed by atoms with Crippen LogP contribution >= 0.6 is 11.3 Å². The van der Waals surface area contributed by atoms with E-state index >= 15 is 0 Å². The van der Waals surface area contributed by atoms with Crippen LogP contribution < -0.4 is 21.9 Å². The molecule has 5 N–H and O–H groups in total. The lowest BCUT2D eigenvalue weighted by molar-refractivity contribution is -0.120. The standard InChI is InChI=1S/C29H26N6O3S/c30-28-33-21-5-1-3-15(25(21)39-28)10-22(36)17-11-23(34-24(37)12-17)32-19-7-6-16-13-29(14-18(16)9-19)20-4-2-8-31-26(20)35-27(29)38/h2,4,6-9,11-12,15H,1,3,5,10,13-14H2,(H2,30,33)(H,31,35,38)(H2,32,34,37). The highest BCUT2D eigenvalue weighted by atomic mass is 32.1. The summed E-state index contributed by atoms with van der Waals surface area (Å²) in [6.45, 7) is 0. The summed E-state index contributed by atoms with van der Waals surface area (Å²) in [5.74, 6) is 1.05. The van der Waals surface area contributed by atoms with E-state index in [0.717, 1.165) is 52.2 Å². The zero-order valence-electron chi connectivity index (χ0n) is 21.0. The third kappa shape index (κ3) is 4.02. The molecule has 1 aromatic carbocycles. The first-order chi connectivity index (χ1) is 18.9. The van der Waals surface area contributed by atoms with Gasteiger partial charge in [0.25, 0.3) is 0 Å². The van der Waals surface area contributed by atoms with Gasteiger partial charge in [-0.05, 0) is 67.5 Å². The van der Waals surface area contributed by atoms with Crippen molar-refractivity contribution in [1.29, 1.82) is 0 Å². The lowest BCUT2D eigenvalue weighted by atomic mass is 9.79. The van der Waals surface area contributed by atoms with Crippen molar-refractivity contribution in [1.82, 2.24) is 15.0 Å². The van der Waals surface area contributed by atoms with Crippen molar-refractivity contribution in [3.8, 4) is 0 Å². The van der Waals surface area contributed by atoms with Crippen molar-refractivity contribution in [2.75, 3.05) is 16.4 Å². The van der Waals surface area contributed by atoms with Crippen molar-refractivity contribution in [2.24, 2.45) is 0 Å². The lowest BCUT2D eigenvalue weighted by Crippen LogP contribution is -2.35. The molecule has 9 nitrogen and oxygen atoms in total. The second kappa shape index (κ2) is 8.88. The Hall–Kier alpha value is -4.31. The van der Waals surface area contributed by atoms with Gasteiger partial charge in [0.15, 0.2) is 10.9 Å². The summed E-state index contributed by atoms with van der Waals surface area (Å²) in [5, 5.41) is 6.73. The van der Waals surface area contributed by atoms with Gasteiger partial charge in [-0.3, -0.25) is 14.4 Å². The average Bonchev–Trinajstić information content (AvgIpc) is 3.57. The average molecular weight is 539 g/mol. The Morgan fingerprint density at radius 1 is 1.15 bits per heavy atom. The smallest absolute Gasteiger partial charge is 0.250 e. The number of aromatic nitrogens is 3. The van der Waals surface area contributed by atoms with E-state index in [1.807, 2.05) is 30.3 Å². The van der Waals surface area contributed by atoms with Gasteiger partial charge in [0, 0.05) is 46.3 Å². The Balaban J connectivity index is 1.11. The largest absolute Gasteiger partial charge is 0.375 e. The fourth-order valence-electron chi connectivity index (χ4n) is 6.34. The van der Waals surface area contributed by atoms with Crippen LogP contribution in [0.2, 0.25) is 0 Å². The third-order valence-electron chi connectivity index (χ3n) is 8.14. The molecule has 1 spiro atoms. The number of ketones is 1. The second-order valence-corrected chi connectivity index (χ2v) is 11.7. The number of anilines is 4. The minimum Gasteiger partial charge on any atom is -0.375 e. The summed E-state index contributed by atoms with van der Waals surface area (Å²) < 4.78 is 0. The number of pyridine rings is 2. The zero-order valence-corrected chi connectivity index (χ0v) is 21.9. The molecule has 0 bridgehead atoms. The van der Waals surface area contributed by atoms with Crippen LogP contribution in [0.3, 0.4) is 0 Å². The van der Waals surface area contributed by atoms with Crippen molar-refractivity contribution >= 4 is 45.5 Å². The number of nitrogens with two attached hydrogens (primary N) is 1. The fourth-order valence-corrected chi connectivity index (χ4v) is 7.35. The van der Waals surface area contributed by atoms with E-state index in [2.05, 4.69) is 25.6 Å².